The summed E-state index contributed by atoms with van der Waals surface area (Å²) in [6, 6.07) is 6.22. The average molecular weight is 277 g/mol. The van der Waals surface area contributed by atoms with Crippen molar-refractivity contribution in [3.63, 3.8) is 0 Å². The van der Waals surface area contributed by atoms with Crippen LogP contribution < -0.4 is 39.6 Å². The molecule has 2 rings (SSSR count). The van der Waals surface area contributed by atoms with E-state index in [1.54, 1.807) is 0 Å². The largest absolute Gasteiger partial charge is 1.00 e. The predicted molar refractivity (Wildman–Crippen MR) is 60.3 cm³/mol. The molecule has 1 amide bonds. The van der Waals surface area contributed by atoms with E-state index in [0.717, 1.165) is 12.8 Å². The van der Waals surface area contributed by atoms with Gasteiger partial charge in [-0.25, -0.2) is 0 Å². The molecule has 0 aromatic heterocycles. The first-order valence-electron chi connectivity index (χ1n) is 5.26. The number of amides is 1. The number of benzene rings is 1. The van der Waals surface area contributed by atoms with Crippen LogP contribution in [0.2, 0.25) is 0 Å². The first kappa shape index (κ1) is 15.7. The first-order chi connectivity index (χ1) is 8.15. The van der Waals surface area contributed by atoms with E-state index in [9.17, 15) is 13.6 Å². The smallest absolute Gasteiger partial charge is 0.768 e. The number of carbonyl (C=O) groups is 1. The fourth-order valence-electron chi connectivity index (χ4n) is 1.29. The Hall–Kier alpha value is -0.400. The molecule has 92 valence electrons. The topological polar surface area (TPSA) is 78.5 Å². The third-order valence-electron chi connectivity index (χ3n) is 2.33. The van der Waals surface area contributed by atoms with Gasteiger partial charge in [-0.05, 0) is 48.2 Å². The Morgan fingerprint density at radius 1 is 1.39 bits per heavy atom. The Balaban J connectivity index is 0.00000162. The van der Waals surface area contributed by atoms with Gasteiger partial charge in [-0.1, -0.05) is 0 Å². The minimum absolute atomic E-state index is 0. The molecular weight excluding hydrogens is 265 g/mol. The maximum Gasteiger partial charge on any atom is 1.00 e. The molecule has 1 unspecified atom stereocenters. The van der Waals surface area contributed by atoms with Crippen LogP contribution in [0.25, 0.3) is 0 Å². The van der Waals surface area contributed by atoms with Crippen LogP contribution in [0.4, 0.5) is 0 Å². The van der Waals surface area contributed by atoms with Gasteiger partial charge in [0.05, 0.1) is 0 Å². The van der Waals surface area contributed by atoms with Crippen LogP contribution in [-0.4, -0.2) is 27.3 Å². The molecule has 0 bridgehead atoms. The molecule has 1 N–H and O–H groups in total. The summed E-state index contributed by atoms with van der Waals surface area (Å²) in [5.41, 5.74) is 0. The Bertz CT molecular complexity index is 433. The van der Waals surface area contributed by atoms with Gasteiger partial charge in [-0.15, -0.1) is 0 Å². The second kappa shape index (κ2) is 7.25. The summed E-state index contributed by atoms with van der Waals surface area (Å²) in [4.78, 5) is 11.5. The maximum absolute atomic E-state index is 11.3. The van der Waals surface area contributed by atoms with Gasteiger partial charge >= 0.3 is 29.6 Å². The van der Waals surface area contributed by atoms with E-state index in [2.05, 4.69) is 5.32 Å². The molecule has 1 aromatic rings. The Morgan fingerprint density at radius 2 is 2.00 bits per heavy atom. The third kappa shape index (κ3) is 5.07. The fraction of sp³-hybridized carbons (Fsp3) is 0.364. The number of rotatable bonds is 5. The zero-order valence-corrected chi connectivity index (χ0v) is 12.9. The zero-order chi connectivity index (χ0) is 12.3. The van der Waals surface area contributed by atoms with E-state index in [4.69, 9.17) is 4.74 Å². The molecule has 1 aromatic carbocycles. The van der Waals surface area contributed by atoms with Gasteiger partial charge in [-0.3, -0.25) is 9.00 Å². The number of nitrogens with one attached hydrogen (secondary N) is 1. The summed E-state index contributed by atoms with van der Waals surface area (Å²) in [6.45, 7) is -0.0453. The maximum atomic E-state index is 11.3. The summed E-state index contributed by atoms with van der Waals surface area (Å²) >= 11 is -2.23. The van der Waals surface area contributed by atoms with Crippen molar-refractivity contribution in [2.24, 2.45) is 0 Å². The van der Waals surface area contributed by atoms with E-state index in [1.165, 1.54) is 24.3 Å². The minimum atomic E-state index is -2.23. The van der Waals surface area contributed by atoms with E-state index >= 15 is 0 Å². The van der Waals surface area contributed by atoms with Crippen molar-refractivity contribution >= 4 is 17.0 Å². The van der Waals surface area contributed by atoms with Crippen LogP contribution in [0, 0.1) is 0 Å². The molecule has 0 spiro atoms. The summed E-state index contributed by atoms with van der Waals surface area (Å²) in [7, 11) is 0. The molecular formula is C11H12NNaO4S. The third-order valence-corrected chi connectivity index (χ3v) is 2.99. The molecule has 0 aliphatic heterocycles. The molecule has 0 heterocycles. The molecule has 7 heteroatoms. The SMILES string of the molecule is O=C(COc1ccc(S(=O)[O-])cc1)NC1CC1.[Na+]. The van der Waals surface area contributed by atoms with E-state index in [-0.39, 0.29) is 47.0 Å². The first-order valence-corrected chi connectivity index (χ1v) is 6.34. The van der Waals surface area contributed by atoms with Crippen LogP contribution in [0.5, 0.6) is 5.75 Å². The molecule has 0 saturated heterocycles. The van der Waals surface area contributed by atoms with Crippen molar-refractivity contribution in [1.29, 1.82) is 0 Å². The van der Waals surface area contributed by atoms with E-state index < -0.39 is 11.1 Å². The molecule has 1 fully saturated rings. The van der Waals surface area contributed by atoms with Crippen LogP contribution in [0.15, 0.2) is 29.2 Å². The predicted octanol–water partition coefficient (Wildman–Crippen LogP) is -2.41. The van der Waals surface area contributed by atoms with Crippen molar-refractivity contribution in [2.75, 3.05) is 6.61 Å². The number of hydrogen-bond donors (Lipinski definition) is 1. The Kier molecular flexibility index (Phi) is 6.31. The van der Waals surface area contributed by atoms with Gasteiger partial charge in [0.25, 0.3) is 5.91 Å². The fourth-order valence-corrected chi connectivity index (χ4v) is 1.65. The minimum Gasteiger partial charge on any atom is -0.768 e. The molecule has 1 atom stereocenters. The van der Waals surface area contributed by atoms with Crippen molar-refractivity contribution < 1.29 is 47.9 Å². The molecule has 0 radical (unpaired) electrons. The van der Waals surface area contributed by atoms with Crippen molar-refractivity contribution in [1.82, 2.24) is 5.32 Å². The van der Waals surface area contributed by atoms with E-state index in [0.29, 0.717) is 11.8 Å². The van der Waals surface area contributed by atoms with Gasteiger partial charge in [-0.2, -0.15) is 0 Å². The molecule has 1 aliphatic carbocycles. The standard InChI is InChI=1S/C11H13NO4S.Na/c13-11(12-8-1-2-8)7-16-9-3-5-10(6-4-9)17(14)15;/h3-6,8H,1-2,7H2,(H,12,13)(H,14,15);/q;+1/p-1. The van der Waals surface area contributed by atoms with Gasteiger partial charge < -0.3 is 14.6 Å². The second-order valence-corrected chi connectivity index (χ2v) is 4.78. The Morgan fingerprint density at radius 3 is 2.50 bits per heavy atom. The summed E-state index contributed by atoms with van der Waals surface area (Å²) in [6.07, 6.45) is 2.07. The monoisotopic (exact) mass is 277 g/mol. The quantitative estimate of drug-likeness (QED) is 0.480. The number of carbonyl (C=O) groups excluding carboxylic acids is 1. The average Bonchev–Trinajstić information content (AvgIpc) is 3.11. The number of hydrogen-bond acceptors (Lipinski definition) is 4. The van der Waals surface area contributed by atoms with Gasteiger partial charge in [0.2, 0.25) is 0 Å². The van der Waals surface area contributed by atoms with Crippen LogP contribution in [0.3, 0.4) is 0 Å². The van der Waals surface area contributed by atoms with Gasteiger partial charge in [0, 0.05) is 10.9 Å². The van der Waals surface area contributed by atoms with E-state index in [1.807, 2.05) is 0 Å². The van der Waals surface area contributed by atoms with Crippen LogP contribution in [-0.2, 0) is 15.9 Å². The normalized spacial score (nSPS) is 15.4. The van der Waals surface area contributed by atoms with Crippen molar-refractivity contribution in [2.45, 2.75) is 23.8 Å². The summed E-state index contributed by atoms with van der Waals surface area (Å²) < 4.78 is 26.4. The van der Waals surface area contributed by atoms with Crippen LogP contribution >= 0.6 is 0 Å². The zero-order valence-electron chi connectivity index (χ0n) is 10.0. The van der Waals surface area contributed by atoms with Crippen LogP contribution in [0.1, 0.15) is 12.8 Å². The molecule has 5 nitrogen and oxygen atoms in total. The Labute approximate surface area is 130 Å². The second-order valence-electron chi connectivity index (χ2n) is 3.84. The van der Waals surface area contributed by atoms with Gasteiger partial charge in [0.1, 0.15) is 5.75 Å². The molecule has 18 heavy (non-hydrogen) atoms. The number of ether oxygens (including phenoxy) is 1. The summed E-state index contributed by atoms with van der Waals surface area (Å²) in [5.74, 6) is 0.328. The molecule has 1 saturated carbocycles. The molecule has 1 aliphatic rings. The van der Waals surface area contributed by atoms with Crippen molar-refractivity contribution in [3.8, 4) is 5.75 Å². The van der Waals surface area contributed by atoms with Gasteiger partial charge in [0.15, 0.2) is 6.61 Å². The van der Waals surface area contributed by atoms with Crippen molar-refractivity contribution in [3.05, 3.63) is 24.3 Å². The summed E-state index contributed by atoms with van der Waals surface area (Å²) in [5, 5.41) is 2.79.